The maximum absolute atomic E-state index is 12.3. The highest BCUT2D eigenvalue weighted by atomic mass is 35.5. The second kappa shape index (κ2) is 5.25. The fraction of sp³-hybridized carbons (Fsp3) is 0.417. The molecule has 94 valence electrons. The number of benzene rings is 1. The van der Waals surface area contributed by atoms with E-state index in [9.17, 15) is 4.79 Å². The number of halogens is 2. The molecule has 0 bridgehead atoms. The van der Waals surface area contributed by atoms with E-state index >= 15 is 0 Å². The van der Waals surface area contributed by atoms with Crippen molar-refractivity contribution in [1.82, 2.24) is 9.06 Å². The predicted octanol–water partition coefficient (Wildman–Crippen LogP) is 3.76. The molecule has 1 rings (SSSR count). The highest BCUT2D eigenvalue weighted by Crippen LogP contribution is 2.23. The van der Waals surface area contributed by atoms with E-state index in [1.54, 1.807) is 12.1 Å². The van der Waals surface area contributed by atoms with Crippen LogP contribution in [0.4, 0.5) is 0 Å². The third-order valence-electron chi connectivity index (χ3n) is 2.24. The van der Waals surface area contributed by atoms with Crippen LogP contribution < -0.4 is 0 Å². The quantitative estimate of drug-likeness (QED) is 0.606. The number of carbonyl (C=O) groups is 1. The number of carbonyl (C=O) groups excluding carboxylic acids is 1. The molecule has 0 saturated heterocycles. The molecule has 0 N–H and O–H groups in total. The van der Waals surface area contributed by atoms with Gasteiger partial charge in [0, 0.05) is 29.1 Å². The number of hydrazine groups is 1. The second-order valence-electron chi connectivity index (χ2n) is 4.87. The highest BCUT2D eigenvalue weighted by molar-refractivity contribution is 6.34. The van der Waals surface area contributed by atoms with Crippen molar-refractivity contribution in [1.29, 1.82) is 0 Å². The maximum atomic E-state index is 12.3. The molecule has 0 heterocycles. The lowest BCUT2D eigenvalue weighted by atomic mass is 10.1. The molecule has 1 aromatic rings. The normalized spacial score (nSPS) is 11.7. The molecule has 0 spiro atoms. The zero-order valence-electron chi connectivity index (χ0n) is 10.4. The van der Waals surface area contributed by atoms with Gasteiger partial charge in [0.05, 0.1) is 5.54 Å². The first-order valence-corrected chi connectivity index (χ1v) is 5.94. The summed E-state index contributed by atoms with van der Waals surface area (Å²) in [5, 5.41) is 1.30. The molecule has 0 aliphatic rings. The Kier molecular flexibility index (Phi) is 4.42. The number of nitrogens with zero attached hydrogens (tertiary/aromatic N) is 2. The Labute approximate surface area is 112 Å². The third kappa shape index (κ3) is 3.60. The van der Waals surface area contributed by atoms with Crippen molar-refractivity contribution in [2.24, 2.45) is 0 Å². The second-order valence-corrected chi connectivity index (χ2v) is 5.69. The van der Waals surface area contributed by atoms with Crippen LogP contribution in [0.25, 0.3) is 0 Å². The summed E-state index contributed by atoms with van der Waals surface area (Å²) in [6.45, 7) is 7.51. The molecule has 0 radical (unpaired) electrons. The van der Waals surface area contributed by atoms with Crippen molar-refractivity contribution >= 4 is 29.5 Å². The van der Waals surface area contributed by atoms with E-state index in [0.717, 1.165) is 9.61 Å². The molecular formula is C12H16Cl2N2O. The third-order valence-corrected chi connectivity index (χ3v) is 2.55. The number of aryl methyl sites for hydroxylation is 1. The summed E-state index contributed by atoms with van der Waals surface area (Å²) in [5.74, 6) is -0.230. The molecule has 0 aliphatic heterocycles. The van der Waals surface area contributed by atoms with Crippen LogP contribution in [0.3, 0.4) is 0 Å². The van der Waals surface area contributed by atoms with E-state index in [4.69, 9.17) is 23.6 Å². The van der Waals surface area contributed by atoms with E-state index in [1.165, 1.54) is 5.01 Å². The van der Waals surface area contributed by atoms with Gasteiger partial charge in [0.25, 0.3) is 5.91 Å². The Morgan fingerprint density at radius 1 is 1.24 bits per heavy atom. The van der Waals surface area contributed by atoms with Gasteiger partial charge in [0.15, 0.2) is 0 Å². The van der Waals surface area contributed by atoms with Gasteiger partial charge in [0.1, 0.15) is 0 Å². The topological polar surface area (TPSA) is 23.6 Å². The zero-order chi connectivity index (χ0) is 13.2. The van der Waals surface area contributed by atoms with Crippen LogP contribution >= 0.6 is 23.6 Å². The fourth-order valence-electron chi connectivity index (χ4n) is 1.50. The maximum Gasteiger partial charge on any atom is 0.270 e. The summed E-state index contributed by atoms with van der Waals surface area (Å²) in [5.41, 5.74) is 1.08. The Morgan fingerprint density at radius 2 is 1.82 bits per heavy atom. The van der Waals surface area contributed by atoms with E-state index in [0.29, 0.717) is 5.56 Å². The van der Waals surface area contributed by atoms with Gasteiger partial charge in [-0.1, -0.05) is 17.7 Å². The molecule has 1 amide bonds. The molecule has 0 atom stereocenters. The summed E-state index contributed by atoms with van der Waals surface area (Å²) in [4.78, 5) is 12.3. The van der Waals surface area contributed by atoms with Crippen molar-refractivity contribution in [2.45, 2.75) is 33.2 Å². The highest BCUT2D eigenvalue weighted by Gasteiger charge is 2.31. The van der Waals surface area contributed by atoms with E-state index in [1.807, 2.05) is 39.8 Å². The van der Waals surface area contributed by atoms with Crippen LogP contribution in [0.5, 0.6) is 0 Å². The van der Waals surface area contributed by atoms with Crippen LogP contribution in [-0.4, -0.2) is 20.5 Å². The van der Waals surface area contributed by atoms with Crippen molar-refractivity contribution in [3.05, 3.63) is 35.4 Å². The number of rotatable bonds is 2. The Bertz CT molecular complexity index is 413. The Balaban J connectivity index is 3.09. The van der Waals surface area contributed by atoms with Gasteiger partial charge >= 0.3 is 0 Å². The van der Waals surface area contributed by atoms with Gasteiger partial charge in [-0.25, -0.2) is 5.01 Å². The van der Waals surface area contributed by atoms with Crippen LogP contribution in [0, 0.1) is 6.92 Å². The molecular weight excluding hydrogens is 259 g/mol. The van der Waals surface area contributed by atoms with Gasteiger partial charge in [0.2, 0.25) is 0 Å². The van der Waals surface area contributed by atoms with Gasteiger partial charge in [-0.3, -0.25) is 4.79 Å². The van der Waals surface area contributed by atoms with Gasteiger partial charge in [-0.2, -0.15) is 0 Å². The molecule has 1 aromatic carbocycles. The lowest BCUT2D eigenvalue weighted by Crippen LogP contribution is -2.49. The van der Waals surface area contributed by atoms with Crippen molar-refractivity contribution in [3.8, 4) is 0 Å². The minimum absolute atomic E-state index is 0.230. The van der Waals surface area contributed by atoms with Gasteiger partial charge < -0.3 is 0 Å². The van der Waals surface area contributed by atoms with Gasteiger partial charge in [-0.15, -0.1) is 0 Å². The van der Waals surface area contributed by atoms with Gasteiger partial charge in [-0.05, 0) is 43.9 Å². The number of hydrogen-bond acceptors (Lipinski definition) is 2. The lowest BCUT2D eigenvalue weighted by Gasteiger charge is -2.36. The standard InChI is InChI=1S/C12H16Cl2N2O/c1-9-6-5-7-10(8-9)11(17)15(16(13)14)12(2,3)4/h5-8H,1-4H3. The minimum Gasteiger partial charge on any atom is -0.268 e. The summed E-state index contributed by atoms with van der Waals surface area (Å²) in [6, 6.07) is 7.30. The smallest absolute Gasteiger partial charge is 0.268 e. The first-order valence-electron chi connectivity index (χ1n) is 5.26. The van der Waals surface area contributed by atoms with Crippen LogP contribution in [0.1, 0.15) is 36.7 Å². The largest absolute Gasteiger partial charge is 0.270 e. The Morgan fingerprint density at radius 3 is 2.24 bits per heavy atom. The zero-order valence-corrected chi connectivity index (χ0v) is 11.9. The SMILES string of the molecule is Cc1cccc(C(=O)N(N(Cl)Cl)C(C)(C)C)c1. The average Bonchev–Trinajstić information content (AvgIpc) is 2.14. The molecule has 0 unspecified atom stereocenters. The van der Waals surface area contributed by atoms with E-state index in [2.05, 4.69) is 0 Å². The summed E-state index contributed by atoms with van der Waals surface area (Å²) in [7, 11) is 0. The average molecular weight is 275 g/mol. The summed E-state index contributed by atoms with van der Waals surface area (Å²) in [6.07, 6.45) is 0. The van der Waals surface area contributed by atoms with Crippen LogP contribution in [-0.2, 0) is 0 Å². The molecule has 3 nitrogen and oxygen atoms in total. The monoisotopic (exact) mass is 274 g/mol. The molecule has 0 aromatic heterocycles. The molecule has 5 heteroatoms. The summed E-state index contributed by atoms with van der Waals surface area (Å²) < 4.78 is 0.782. The molecule has 0 fully saturated rings. The molecule has 0 saturated carbocycles. The van der Waals surface area contributed by atoms with E-state index in [-0.39, 0.29) is 5.91 Å². The van der Waals surface area contributed by atoms with Crippen LogP contribution in [0.15, 0.2) is 24.3 Å². The minimum atomic E-state index is -0.496. The first kappa shape index (κ1) is 14.3. The number of hydrogen-bond donors (Lipinski definition) is 0. The lowest BCUT2D eigenvalue weighted by molar-refractivity contribution is 0.0244. The Hall–Kier alpha value is -0.770. The molecule has 17 heavy (non-hydrogen) atoms. The number of amides is 1. The fourth-order valence-corrected chi connectivity index (χ4v) is 2.09. The van der Waals surface area contributed by atoms with Crippen molar-refractivity contribution in [2.75, 3.05) is 0 Å². The van der Waals surface area contributed by atoms with Crippen LogP contribution in [0.2, 0.25) is 0 Å². The predicted molar refractivity (Wildman–Crippen MR) is 70.6 cm³/mol. The summed E-state index contributed by atoms with van der Waals surface area (Å²) >= 11 is 11.4. The van der Waals surface area contributed by atoms with E-state index < -0.39 is 5.54 Å². The molecule has 0 aliphatic carbocycles. The van der Waals surface area contributed by atoms with Crippen molar-refractivity contribution < 1.29 is 4.79 Å². The van der Waals surface area contributed by atoms with Crippen molar-refractivity contribution in [3.63, 3.8) is 0 Å². The first-order chi connectivity index (χ1) is 7.73.